The first kappa shape index (κ1) is 14.4. The smallest absolute Gasteiger partial charge is 0.138 e. The molecule has 3 rings (SSSR count). The van der Waals surface area contributed by atoms with Gasteiger partial charge in [-0.1, -0.05) is 35.9 Å². The fourth-order valence-corrected chi connectivity index (χ4v) is 3.49. The van der Waals surface area contributed by atoms with Crippen LogP contribution in [-0.2, 0) is 13.0 Å². The lowest BCUT2D eigenvalue weighted by Crippen LogP contribution is -2.03. The molecule has 0 spiro atoms. The van der Waals surface area contributed by atoms with Gasteiger partial charge in [0.2, 0.25) is 0 Å². The minimum absolute atomic E-state index is 0.528. The molecule has 3 aromatic rings. The Kier molecular flexibility index (Phi) is 4.44. The normalized spacial score (nSPS) is 11.0. The molecule has 0 bridgehead atoms. The van der Waals surface area contributed by atoms with Gasteiger partial charge in [0, 0.05) is 10.3 Å². The Morgan fingerprint density at radius 2 is 2.00 bits per heavy atom. The zero-order chi connectivity index (χ0) is 14.7. The molecule has 1 heterocycles. The second-order valence-corrected chi connectivity index (χ2v) is 6.17. The zero-order valence-corrected chi connectivity index (χ0v) is 13.1. The zero-order valence-electron chi connectivity index (χ0n) is 11.5. The topological polar surface area (TPSA) is 35.2 Å². The number of fused-ring (bicyclic) bond motifs is 1. The number of hydrogen-bond acceptors (Lipinski definition) is 3. The van der Waals surface area contributed by atoms with Gasteiger partial charge in [0.1, 0.15) is 12.4 Å². The second-order valence-electron chi connectivity index (χ2n) is 4.85. The first-order valence-electron chi connectivity index (χ1n) is 6.84. The van der Waals surface area contributed by atoms with E-state index in [1.54, 1.807) is 11.3 Å². The number of benzene rings is 2. The van der Waals surface area contributed by atoms with Crippen LogP contribution in [0.4, 0.5) is 0 Å². The summed E-state index contributed by atoms with van der Waals surface area (Å²) in [6.45, 7) is 1.15. The minimum atomic E-state index is 0.528. The number of halogens is 1. The van der Waals surface area contributed by atoms with Gasteiger partial charge in [-0.3, -0.25) is 0 Å². The second kappa shape index (κ2) is 6.48. The van der Waals surface area contributed by atoms with E-state index in [0.717, 1.165) is 12.0 Å². The molecule has 2 nitrogen and oxygen atoms in total. The van der Waals surface area contributed by atoms with Crippen LogP contribution in [0, 0.1) is 0 Å². The highest BCUT2D eigenvalue weighted by atomic mass is 35.5. The molecule has 0 saturated heterocycles. The minimum Gasteiger partial charge on any atom is -0.487 e. The third-order valence-electron chi connectivity index (χ3n) is 3.37. The molecule has 4 heteroatoms. The van der Waals surface area contributed by atoms with Crippen molar-refractivity contribution in [1.29, 1.82) is 0 Å². The molecule has 0 atom stereocenters. The highest BCUT2D eigenvalue weighted by molar-refractivity contribution is 7.17. The Balaban J connectivity index is 1.75. The number of hydrogen-bond donors (Lipinski definition) is 1. The van der Waals surface area contributed by atoms with Gasteiger partial charge in [-0.2, -0.15) is 0 Å². The van der Waals surface area contributed by atoms with Crippen LogP contribution in [0.1, 0.15) is 11.1 Å². The van der Waals surface area contributed by atoms with Crippen LogP contribution < -0.4 is 10.5 Å². The summed E-state index contributed by atoms with van der Waals surface area (Å²) in [6, 6.07) is 14.2. The van der Waals surface area contributed by atoms with E-state index in [0.29, 0.717) is 23.9 Å². The highest BCUT2D eigenvalue weighted by Crippen LogP contribution is 2.29. The molecular weight excluding hydrogens is 302 g/mol. The van der Waals surface area contributed by atoms with E-state index in [1.807, 2.05) is 24.3 Å². The Hall–Kier alpha value is -1.55. The van der Waals surface area contributed by atoms with Crippen LogP contribution in [0.25, 0.3) is 10.1 Å². The summed E-state index contributed by atoms with van der Waals surface area (Å²) >= 11 is 8.00. The molecule has 0 aliphatic rings. The Morgan fingerprint density at radius 3 is 2.81 bits per heavy atom. The van der Waals surface area contributed by atoms with Gasteiger partial charge in [-0.05, 0) is 47.5 Å². The number of thiophene rings is 1. The molecule has 2 N–H and O–H groups in total. The number of rotatable bonds is 5. The fourth-order valence-electron chi connectivity index (χ4n) is 2.28. The van der Waals surface area contributed by atoms with E-state index in [1.165, 1.54) is 15.6 Å². The molecule has 0 fully saturated rings. The van der Waals surface area contributed by atoms with Crippen LogP contribution in [0.2, 0.25) is 5.02 Å². The van der Waals surface area contributed by atoms with Gasteiger partial charge in [0.05, 0.1) is 5.02 Å². The van der Waals surface area contributed by atoms with Gasteiger partial charge in [0.25, 0.3) is 0 Å². The lowest BCUT2D eigenvalue weighted by Gasteiger charge is -2.09. The van der Waals surface area contributed by atoms with Crippen LogP contribution in [0.15, 0.2) is 47.8 Å². The molecule has 2 aromatic carbocycles. The summed E-state index contributed by atoms with van der Waals surface area (Å²) in [5.41, 5.74) is 7.88. The summed E-state index contributed by atoms with van der Waals surface area (Å²) in [7, 11) is 0. The van der Waals surface area contributed by atoms with E-state index >= 15 is 0 Å². The standard InChI is InChI=1S/C17H16ClNOS/c18-15-9-12(7-8-19)5-6-16(15)20-10-13-11-21-17-4-2-1-3-14(13)17/h1-6,9,11H,7-8,10,19H2. The van der Waals surface area contributed by atoms with Crippen molar-refractivity contribution in [3.05, 3.63) is 64.0 Å². The van der Waals surface area contributed by atoms with Crippen molar-refractivity contribution in [2.45, 2.75) is 13.0 Å². The number of ether oxygens (including phenoxy) is 1. The van der Waals surface area contributed by atoms with Crippen molar-refractivity contribution in [2.75, 3.05) is 6.54 Å². The summed E-state index contributed by atoms with van der Waals surface area (Å²) in [5.74, 6) is 0.715. The van der Waals surface area contributed by atoms with Crippen molar-refractivity contribution in [1.82, 2.24) is 0 Å². The summed E-state index contributed by atoms with van der Waals surface area (Å²) in [5, 5.41) is 4.03. The predicted octanol–water partition coefficient (Wildman–Crippen LogP) is 4.63. The largest absolute Gasteiger partial charge is 0.487 e. The van der Waals surface area contributed by atoms with Crippen LogP contribution in [-0.4, -0.2) is 6.54 Å². The maximum absolute atomic E-state index is 6.26. The Bertz CT molecular complexity index is 753. The van der Waals surface area contributed by atoms with Gasteiger partial charge in [-0.15, -0.1) is 11.3 Å². The van der Waals surface area contributed by atoms with Gasteiger partial charge in [-0.25, -0.2) is 0 Å². The summed E-state index contributed by atoms with van der Waals surface area (Å²) in [4.78, 5) is 0. The fraction of sp³-hybridized carbons (Fsp3) is 0.176. The van der Waals surface area contributed by atoms with Crippen molar-refractivity contribution in [3.8, 4) is 5.75 Å². The van der Waals surface area contributed by atoms with Crippen molar-refractivity contribution in [3.63, 3.8) is 0 Å². The van der Waals surface area contributed by atoms with E-state index in [2.05, 4.69) is 23.6 Å². The summed E-state index contributed by atoms with van der Waals surface area (Å²) in [6.07, 6.45) is 0.829. The van der Waals surface area contributed by atoms with Crippen LogP contribution >= 0.6 is 22.9 Å². The first-order chi connectivity index (χ1) is 10.3. The molecule has 1 aromatic heterocycles. The van der Waals surface area contributed by atoms with E-state index in [-0.39, 0.29) is 0 Å². The first-order valence-corrected chi connectivity index (χ1v) is 8.10. The van der Waals surface area contributed by atoms with Gasteiger partial charge < -0.3 is 10.5 Å². The molecule has 21 heavy (non-hydrogen) atoms. The Morgan fingerprint density at radius 1 is 1.14 bits per heavy atom. The monoisotopic (exact) mass is 317 g/mol. The molecule has 0 radical (unpaired) electrons. The molecule has 0 aliphatic carbocycles. The SMILES string of the molecule is NCCc1ccc(OCc2csc3ccccc23)c(Cl)c1. The van der Waals surface area contributed by atoms with Crippen molar-refractivity contribution in [2.24, 2.45) is 5.73 Å². The molecule has 108 valence electrons. The van der Waals surface area contributed by atoms with E-state index < -0.39 is 0 Å². The highest BCUT2D eigenvalue weighted by Gasteiger charge is 2.07. The molecule has 0 amide bonds. The van der Waals surface area contributed by atoms with Crippen LogP contribution in [0.3, 0.4) is 0 Å². The van der Waals surface area contributed by atoms with Gasteiger partial charge in [0.15, 0.2) is 0 Å². The summed E-state index contributed by atoms with van der Waals surface area (Å²) < 4.78 is 7.14. The molecule has 0 unspecified atom stereocenters. The van der Waals surface area contributed by atoms with E-state index in [4.69, 9.17) is 22.1 Å². The maximum atomic E-state index is 6.26. The predicted molar refractivity (Wildman–Crippen MR) is 90.4 cm³/mol. The quantitative estimate of drug-likeness (QED) is 0.744. The molecule has 0 aliphatic heterocycles. The average molecular weight is 318 g/mol. The maximum Gasteiger partial charge on any atom is 0.138 e. The van der Waals surface area contributed by atoms with Crippen molar-refractivity contribution < 1.29 is 4.74 Å². The molecular formula is C17H16ClNOS. The third kappa shape index (κ3) is 3.21. The van der Waals surface area contributed by atoms with E-state index in [9.17, 15) is 0 Å². The third-order valence-corrected chi connectivity index (χ3v) is 4.68. The lowest BCUT2D eigenvalue weighted by atomic mass is 10.1. The molecule has 0 saturated carbocycles. The van der Waals surface area contributed by atoms with Crippen LogP contribution in [0.5, 0.6) is 5.75 Å². The number of nitrogens with two attached hydrogens (primary N) is 1. The lowest BCUT2D eigenvalue weighted by molar-refractivity contribution is 0.308. The van der Waals surface area contributed by atoms with Crippen molar-refractivity contribution >= 4 is 33.0 Å². The Labute approximate surface area is 133 Å². The average Bonchev–Trinajstić information content (AvgIpc) is 2.90. The van der Waals surface area contributed by atoms with Gasteiger partial charge >= 0.3 is 0 Å².